The van der Waals surface area contributed by atoms with Crippen LogP contribution in [0.2, 0.25) is 0 Å². The Kier molecular flexibility index (Phi) is 1.86. The fraction of sp³-hybridized carbons (Fsp3) is 0.385. The van der Waals surface area contributed by atoms with Crippen LogP contribution in [-0.4, -0.2) is 17.3 Å². The first kappa shape index (κ1) is 8.98. The van der Waals surface area contributed by atoms with Gasteiger partial charge >= 0.3 is 0 Å². The molecule has 1 aliphatic rings. The number of para-hydroxylation sites is 1. The zero-order chi connectivity index (χ0) is 10.4. The van der Waals surface area contributed by atoms with Gasteiger partial charge < -0.3 is 9.30 Å². The summed E-state index contributed by atoms with van der Waals surface area (Å²) in [5.74, 6) is 0. The smallest absolute Gasteiger partial charge is 0.0851 e. The molecule has 1 unspecified atom stereocenters. The Labute approximate surface area is 89.5 Å². The molecule has 0 amide bonds. The summed E-state index contributed by atoms with van der Waals surface area (Å²) in [7, 11) is 2.13. The summed E-state index contributed by atoms with van der Waals surface area (Å²) in [6, 6.07) is 8.60. The van der Waals surface area contributed by atoms with Crippen LogP contribution in [0.25, 0.3) is 10.9 Å². The van der Waals surface area contributed by atoms with E-state index in [4.69, 9.17) is 4.74 Å². The number of benzene rings is 1. The Balaban J connectivity index is 2.21. The molecule has 0 N–H and O–H groups in total. The van der Waals surface area contributed by atoms with Gasteiger partial charge in [-0.3, -0.25) is 0 Å². The summed E-state index contributed by atoms with van der Waals surface area (Å²) in [5.41, 5.74) is 4.15. The van der Waals surface area contributed by atoms with Crippen molar-refractivity contribution in [2.45, 2.75) is 19.4 Å². The van der Waals surface area contributed by atoms with Crippen LogP contribution in [0.5, 0.6) is 0 Å². The minimum absolute atomic E-state index is 0.467. The van der Waals surface area contributed by atoms with Crippen LogP contribution in [0.1, 0.15) is 11.3 Å². The summed E-state index contributed by atoms with van der Waals surface area (Å²) >= 11 is 0. The van der Waals surface area contributed by atoms with Crippen molar-refractivity contribution in [3.8, 4) is 0 Å². The van der Waals surface area contributed by atoms with Gasteiger partial charge in [0.1, 0.15) is 0 Å². The van der Waals surface area contributed by atoms with Crippen LogP contribution in [0.4, 0.5) is 0 Å². The molecule has 3 rings (SSSR count). The van der Waals surface area contributed by atoms with Crippen molar-refractivity contribution in [3.05, 3.63) is 35.5 Å². The van der Waals surface area contributed by atoms with E-state index in [1.165, 1.54) is 22.2 Å². The molecule has 1 aromatic carbocycles. The van der Waals surface area contributed by atoms with Crippen molar-refractivity contribution >= 4 is 10.9 Å². The molecule has 1 aliphatic heterocycles. The van der Waals surface area contributed by atoms with Gasteiger partial charge in [-0.1, -0.05) is 18.2 Å². The molecule has 1 saturated heterocycles. The average molecular weight is 201 g/mol. The monoisotopic (exact) mass is 201 g/mol. The third kappa shape index (κ3) is 1.37. The first-order chi connectivity index (χ1) is 7.27. The highest BCUT2D eigenvalue weighted by molar-refractivity contribution is 5.85. The fourth-order valence-corrected chi connectivity index (χ4v) is 2.27. The number of rotatable bonds is 2. The van der Waals surface area contributed by atoms with Crippen molar-refractivity contribution in [2.75, 3.05) is 6.61 Å². The number of hydrogen-bond acceptors (Lipinski definition) is 1. The van der Waals surface area contributed by atoms with Gasteiger partial charge in [0.05, 0.1) is 12.7 Å². The Hall–Kier alpha value is -1.28. The van der Waals surface area contributed by atoms with E-state index in [1.807, 2.05) is 0 Å². The molecule has 1 atom stereocenters. The molecule has 1 aromatic heterocycles. The lowest BCUT2D eigenvalue weighted by Gasteiger charge is -1.99. The van der Waals surface area contributed by atoms with Gasteiger partial charge in [0.25, 0.3) is 0 Å². The summed E-state index contributed by atoms with van der Waals surface area (Å²) in [4.78, 5) is 0. The van der Waals surface area contributed by atoms with E-state index in [0.717, 1.165) is 13.0 Å². The molecule has 0 saturated carbocycles. The van der Waals surface area contributed by atoms with Gasteiger partial charge in [0, 0.05) is 30.1 Å². The summed E-state index contributed by atoms with van der Waals surface area (Å²) < 4.78 is 7.59. The van der Waals surface area contributed by atoms with Gasteiger partial charge in [-0.15, -0.1) is 0 Å². The van der Waals surface area contributed by atoms with E-state index >= 15 is 0 Å². The normalized spacial score (nSPS) is 19.7. The van der Waals surface area contributed by atoms with Crippen LogP contribution >= 0.6 is 0 Å². The molecule has 2 heteroatoms. The molecule has 0 aliphatic carbocycles. The Morgan fingerprint density at radius 1 is 1.40 bits per heavy atom. The van der Waals surface area contributed by atoms with E-state index in [-0.39, 0.29) is 0 Å². The minimum atomic E-state index is 0.467. The maximum Gasteiger partial charge on any atom is 0.0851 e. The Morgan fingerprint density at radius 3 is 2.87 bits per heavy atom. The second kappa shape index (κ2) is 3.11. The Morgan fingerprint density at radius 2 is 2.13 bits per heavy atom. The lowest BCUT2D eigenvalue weighted by molar-refractivity contribution is 0.407. The molecule has 0 spiro atoms. The number of aryl methyl sites for hydroxylation is 1. The number of ether oxygens (including phenoxy) is 1. The molecule has 2 nitrogen and oxygen atoms in total. The lowest BCUT2D eigenvalue weighted by atomic mass is 10.1. The van der Waals surface area contributed by atoms with E-state index in [2.05, 4.69) is 42.8 Å². The highest BCUT2D eigenvalue weighted by Gasteiger charge is 2.25. The third-order valence-electron chi connectivity index (χ3n) is 3.36. The minimum Gasteiger partial charge on any atom is -0.373 e. The summed E-state index contributed by atoms with van der Waals surface area (Å²) in [5, 5.41) is 1.38. The maximum atomic E-state index is 5.32. The molecular formula is C13H15NO. The second-order valence-corrected chi connectivity index (χ2v) is 4.30. The zero-order valence-corrected chi connectivity index (χ0v) is 9.16. The van der Waals surface area contributed by atoms with Crippen LogP contribution in [0, 0.1) is 6.92 Å². The quantitative estimate of drug-likeness (QED) is 0.682. The Bertz CT molecular complexity index is 508. The summed E-state index contributed by atoms with van der Waals surface area (Å²) in [6.07, 6.45) is 1.53. The fourth-order valence-electron chi connectivity index (χ4n) is 2.27. The van der Waals surface area contributed by atoms with Crippen molar-refractivity contribution < 1.29 is 4.74 Å². The average Bonchev–Trinajstić information content (AvgIpc) is 3.04. The van der Waals surface area contributed by atoms with Crippen LogP contribution in [-0.2, 0) is 18.2 Å². The molecule has 78 valence electrons. The van der Waals surface area contributed by atoms with Gasteiger partial charge in [-0.05, 0) is 18.6 Å². The van der Waals surface area contributed by atoms with Crippen molar-refractivity contribution in [2.24, 2.45) is 7.05 Å². The molecule has 2 aromatic rings. The first-order valence-corrected chi connectivity index (χ1v) is 5.42. The predicted molar refractivity (Wildman–Crippen MR) is 61.1 cm³/mol. The molecule has 0 radical (unpaired) electrons. The summed E-state index contributed by atoms with van der Waals surface area (Å²) in [6.45, 7) is 3.13. The topological polar surface area (TPSA) is 17.5 Å². The molecule has 0 bridgehead atoms. The zero-order valence-electron chi connectivity index (χ0n) is 9.16. The number of fused-ring (bicyclic) bond motifs is 1. The molecule has 2 heterocycles. The highest BCUT2D eigenvalue weighted by atomic mass is 16.6. The van der Waals surface area contributed by atoms with Gasteiger partial charge in [0.2, 0.25) is 0 Å². The first-order valence-electron chi connectivity index (χ1n) is 5.42. The predicted octanol–water partition coefficient (Wildman–Crippen LogP) is 2.43. The lowest BCUT2D eigenvalue weighted by Crippen LogP contribution is -1.96. The second-order valence-electron chi connectivity index (χ2n) is 4.30. The van der Waals surface area contributed by atoms with E-state index in [9.17, 15) is 0 Å². The van der Waals surface area contributed by atoms with Crippen molar-refractivity contribution in [1.29, 1.82) is 0 Å². The van der Waals surface area contributed by atoms with Crippen LogP contribution in [0.15, 0.2) is 24.3 Å². The number of hydrogen-bond donors (Lipinski definition) is 0. The van der Waals surface area contributed by atoms with Gasteiger partial charge in [-0.2, -0.15) is 0 Å². The largest absolute Gasteiger partial charge is 0.373 e. The van der Waals surface area contributed by atoms with Crippen molar-refractivity contribution in [1.82, 2.24) is 4.57 Å². The van der Waals surface area contributed by atoms with Crippen LogP contribution < -0.4 is 0 Å². The molecule has 15 heavy (non-hydrogen) atoms. The van der Waals surface area contributed by atoms with Gasteiger partial charge in [-0.25, -0.2) is 0 Å². The van der Waals surface area contributed by atoms with E-state index in [1.54, 1.807) is 0 Å². The molecule has 1 fully saturated rings. The molecular weight excluding hydrogens is 186 g/mol. The van der Waals surface area contributed by atoms with E-state index in [0.29, 0.717) is 6.10 Å². The standard InChI is InChI=1S/C13H15NO/c1-9-12(7-10-8-15-10)11-5-3-4-6-13(11)14(9)2/h3-6,10H,7-8H2,1-2H3. The maximum absolute atomic E-state index is 5.32. The number of aromatic nitrogens is 1. The number of epoxide rings is 1. The SMILES string of the molecule is Cc1c(CC2CO2)c2ccccc2n1C. The van der Waals surface area contributed by atoms with E-state index < -0.39 is 0 Å². The van der Waals surface area contributed by atoms with Crippen LogP contribution in [0.3, 0.4) is 0 Å². The number of nitrogens with zero attached hydrogens (tertiary/aromatic N) is 1. The van der Waals surface area contributed by atoms with Crippen molar-refractivity contribution in [3.63, 3.8) is 0 Å². The third-order valence-corrected chi connectivity index (χ3v) is 3.36. The van der Waals surface area contributed by atoms with Gasteiger partial charge in [0.15, 0.2) is 0 Å². The highest BCUT2D eigenvalue weighted by Crippen LogP contribution is 2.28.